The summed E-state index contributed by atoms with van der Waals surface area (Å²) in [4.78, 5) is 10.0. The predicted molar refractivity (Wildman–Crippen MR) is 41.4 cm³/mol. The quantitative estimate of drug-likeness (QED) is 0.508. The number of nitrogens with zero attached hydrogens (tertiary/aromatic N) is 1. The first-order chi connectivity index (χ1) is 4.84. The molecule has 0 radical (unpaired) electrons. The second-order valence-electron chi connectivity index (χ2n) is 2.19. The van der Waals surface area contributed by atoms with E-state index in [1.165, 1.54) is 0 Å². The van der Waals surface area contributed by atoms with Crippen LogP contribution in [0.2, 0.25) is 0 Å². The van der Waals surface area contributed by atoms with Gasteiger partial charge in [0.25, 0.3) is 0 Å². The van der Waals surface area contributed by atoms with Gasteiger partial charge in [-0.1, -0.05) is 24.3 Å². The fourth-order valence-corrected chi connectivity index (χ4v) is 0.840. The molecule has 10 heavy (non-hydrogen) atoms. The third-order valence-electron chi connectivity index (χ3n) is 1.48. The molecule has 0 atom stereocenters. The van der Waals surface area contributed by atoms with Crippen LogP contribution >= 0.6 is 0 Å². The average Bonchev–Trinajstić information content (AvgIpc) is 2.05. The second-order valence-corrected chi connectivity index (χ2v) is 2.19. The van der Waals surface area contributed by atoms with Crippen LogP contribution < -0.4 is 0 Å². The van der Waals surface area contributed by atoms with E-state index in [-0.39, 0.29) is 0 Å². The van der Waals surface area contributed by atoms with Crippen LogP contribution in [0.5, 0.6) is 0 Å². The number of nitroso groups, excluding NO2 is 1. The Morgan fingerprint density at radius 3 is 2.90 bits per heavy atom. The van der Waals surface area contributed by atoms with Crippen molar-refractivity contribution in [2.45, 2.75) is 13.3 Å². The molecule has 0 aliphatic heterocycles. The fourth-order valence-electron chi connectivity index (χ4n) is 0.840. The minimum absolute atomic E-state index is 0.584. The molecule has 0 aromatic heterocycles. The molecule has 0 fully saturated rings. The van der Waals surface area contributed by atoms with Crippen LogP contribution in [-0.4, -0.2) is 0 Å². The van der Waals surface area contributed by atoms with E-state index in [0.29, 0.717) is 5.70 Å². The van der Waals surface area contributed by atoms with Gasteiger partial charge in [-0.15, -0.1) is 4.91 Å². The molecule has 2 nitrogen and oxygen atoms in total. The standard InChI is InChI=1S/C8H9NO/c1-7(9-10)8-5-3-2-4-6-8/h2-5H,6H2,1H3. The van der Waals surface area contributed by atoms with E-state index in [1.807, 2.05) is 24.3 Å². The molecular weight excluding hydrogens is 126 g/mol. The van der Waals surface area contributed by atoms with Gasteiger partial charge in [-0.05, 0) is 24.1 Å². The molecule has 52 valence electrons. The minimum Gasteiger partial charge on any atom is -0.145 e. The molecular formula is C8H9NO. The van der Waals surface area contributed by atoms with Gasteiger partial charge in [-0.3, -0.25) is 0 Å². The molecule has 1 rings (SSSR count). The molecule has 0 spiro atoms. The van der Waals surface area contributed by atoms with Crippen molar-refractivity contribution in [3.63, 3.8) is 0 Å². The first-order valence-electron chi connectivity index (χ1n) is 3.21. The highest BCUT2D eigenvalue weighted by molar-refractivity contribution is 5.32. The van der Waals surface area contributed by atoms with Crippen molar-refractivity contribution >= 4 is 0 Å². The lowest BCUT2D eigenvalue weighted by molar-refractivity contribution is 1.14. The summed E-state index contributed by atoms with van der Waals surface area (Å²) < 4.78 is 0. The summed E-state index contributed by atoms with van der Waals surface area (Å²) in [5.41, 5.74) is 1.60. The molecule has 0 unspecified atom stereocenters. The van der Waals surface area contributed by atoms with Crippen molar-refractivity contribution in [3.8, 4) is 0 Å². The summed E-state index contributed by atoms with van der Waals surface area (Å²) in [6, 6.07) is 0. The number of hydrogen-bond acceptors (Lipinski definition) is 2. The summed E-state index contributed by atoms with van der Waals surface area (Å²) in [6.07, 6.45) is 8.61. The van der Waals surface area contributed by atoms with Crippen molar-refractivity contribution in [2.75, 3.05) is 0 Å². The molecule has 0 heterocycles. The highest BCUT2D eigenvalue weighted by Crippen LogP contribution is 2.15. The van der Waals surface area contributed by atoms with E-state index in [9.17, 15) is 4.91 Å². The molecule has 0 saturated carbocycles. The summed E-state index contributed by atoms with van der Waals surface area (Å²) >= 11 is 0. The molecule has 0 bridgehead atoms. The lowest BCUT2D eigenvalue weighted by Gasteiger charge is -2.00. The van der Waals surface area contributed by atoms with Gasteiger partial charge < -0.3 is 0 Å². The maximum absolute atomic E-state index is 10.0. The van der Waals surface area contributed by atoms with Crippen LogP contribution in [-0.2, 0) is 0 Å². The lowest BCUT2D eigenvalue weighted by Crippen LogP contribution is -1.83. The summed E-state index contributed by atoms with van der Waals surface area (Å²) in [7, 11) is 0. The Balaban J connectivity index is 2.84. The molecule has 1 aliphatic carbocycles. The highest BCUT2D eigenvalue weighted by Gasteiger charge is 1.98. The van der Waals surface area contributed by atoms with Gasteiger partial charge in [0.05, 0.1) is 5.70 Å². The third-order valence-corrected chi connectivity index (χ3v) is 1.48. The van der Waals surface area contributed by atoms with E-state index in [0.717, 1.165) is 12.0 Å². The fraction of sp³-hybridized carbons (Fsp3) is 0.250. The molecule has 0 saturated heterocycles. The first kappa shape index (κ1) is 6.93. The average molecular weight is 135 g/mol. The SMILES string of the molecule is CC(N=O)=C1C=CC=CC1. The zero-order valence-corrected chi connectivity index (χ0v) is 5.87. The van der Waals surface area contributed by atoms with Crippen LogP contribution in [0.15, 0.2) is 40.8 Å². The Labute approximate surface area is 59.9 Å². The molecule has 1 aliphatic rings. The minimum atomic E-state index is 0.584. The van der Waals surface area contributed by atoms with Crippen molar-refractivity contribution in [2.24, 2.45) is 5.18 Å². The summed E-state index contributed by atoms with van der Waals surface area (Å²) in [6.45, 7) is 1.73. The van der Waals surface area contributed by atoms with E-state index < -0.39 is 0 Å². The Hall–Kier alpha value is -1.18. The largest absolute Gasteiger partial charge is 0.145 e. The van der Waals surface area contributed by atoms with Crippen molar-refractivity contribution in [1.29, 1.82) is 0 Å². The van der Waals surface area contributed by atoms with E-state index in [4.69, 9.17) is 0 Å². The number of allylic oxidation sites excluding steroid dienone is 6. The molecule has 0 aromatic carbocycles. The monoisotopic (exact) mass is 135 g/mol. The van der Waals surface area contributed by atoms with Gasteiger partial charge in [0.1, 0.15) is 0 Å². The van der Waals surface area contributed by atoms with E-state index in [2.05, 4.69) is 5.18 Å². The molecule has 2 heteroatoms. The van der Waals surface area contributed by atoms with Gasteiger partial charge in [0.15, 0.2) is 0 Å². The Morgan fingerprint density at radius 1 is 1.60 bits per heavy atom. The zero-order chi connectivity index (χ0) is 7.40. The third kappa shape index (κ3) is 1.41. The summed E-state index contributed by atoms with van der Waals surface area (Å²) in [5, 5.41) is 2.86. The van der Waals surface area contributed by atoms with Crippen LogP contribution in [0.1, 0.15) is 13.3 Å². The molecule has 0 amide bonds. The first-order valence-corrected chi connectivity index (χ1v) is 3.21. The smallest absolute Gasteiger partial charge is 0.0853 e. The van der Waals surface area contributed by atoms with Gasteiger partial charge in [0.2, 0.25) is 0 Å². The van der Waals surface area contributed by atoms with E-state index in [1.54, 1.807) is 6.92 Å². The Morgan fingerprint density at radius 2 is 2.40 bits per heavy atom. The topological polar surface area (TPSA) is 29.4 Å². The van der Waals surface area contributed by atoms with Crippen molar-refractivity contribution < 1.29 is 0 Å². The number of rotatable bonds is 1. The van der Waals surface area contributed by atoms with Crippen LogP contribution in [0, 0.1) is 4.91 Å². The highest BCUT2D eigenvalue weighted by atomic mass is 16.3. The maximum Gasteiger partial charge on any atom is 0.0853 e. The number of hydrogen-bond donors (Lipinski definition) is 0. The van der Waals surface area contributed by atoms with Crippen molar-refractivity contribution in [3.05, 3.63) is 40.5 Å². The Kier molecular flexibility index (Phi) is 2.15. The summed E-state index contributed by atoms with van der Waals surface area (Å²) in [5.74, 6) is 0. The van der Waals surface area contributed by atoms with Crippen LogP contribution in [0.4, 0.5) is 0 Å². The van der Waals surface area contributed by atoms with Crippen LogP contribution in [0.25, 0.3) is 0 Å². The second kappa shape index (κ2) is 3.11. The zero-order valence-electron chi connectivity index (χ0n) is 5.87. The van der Waals surface area contributed by atoms with Crippen molar-refractivity contribution in [1.82, 2.24) is 0 Å². The van der Waals surface area contributed by atoms with Gasteiger partial charge in [-0.2, -0.15) is 0 Å². The van der Waals surface area contributed by atoms with Gasteiger partial charge in [-0.25, -0.2) is 0 Å². The van der Waals surface area contributed by atoms with Gasteiger partial charge in [0, 0.05) is 0 Å². The molecule has 0 N–H and O–H groups in total. The molecule has 0 aromatic rings. The Bertz CT molecular complexity index is 223. The lowest BCUT2D eigenvalue weighted by atomic mass is 10.1. The van der Waals surface area contributed by atoms with Gasteiger partial charge >= 0.3 is 0 Å². The normalized spacial score (nSPS) is 20.9. The predicted octanol–water partition coefficient (Wildman–Crippen LogP) is 2.54. The van der Waals surface area contributed by atoms with E-state index >= 15 is 0 Å². The maximum atomic E-state index is 10.0. The van der Waals surface area contributed by atoms with Crippen LogP contribution in [0.3, 0.4) is 0 Å².